The molecule has 0 bridgehead atoms. The van der Waals surface area contributed by atoms with Gasteiger partial charge in [0.05, 0.1) is 24.6 Å². The molecule has 5 nitrogen and oxygen atoms in total. The molecule has 2 rings (SSSR count). The molecule has 1 aromatic carbocycles. The second kappa shape index (κ2) is 4.45. The smallest absolute Gasteiger partial charge is 0.397 e. The molecule has 0 saturated carbocycles. The van der Waals surface area contributed by atoms with E-state index in [2.05, 4.69) is 4.98 Å². The van der Waals surface area contributed by atoms with Crippen molar-refractivity contribution in [3.05, 3.63) is 28.1 Å². The molecule has 0 aliphatic carbocycles. The SMILES string of the molecule is CCOc1nc2cc(OC)cc(C)c2c(=O)o1. The van der Waals surface area contributed by atoms with Crippen LogP contribution in [0.3, 0.4) is 0 Å². The lowest BCUT2D eigenvalue weighted by Gasteiger charge is -2.06. The van der Waals surface area contributed by atoms with Crippen LogP contribution >= 0.6 is 0 Å². The van der Waals surface area contributed by atoms with Crippen molar-refractivity contribution in [3.63, 3.8) is 0 Å². The molecule has 1 heterocycles. The van der Waals surface area contributed by atoms with Crippen molar-refractivity contribution in [2.24, 2.45) is 0 Å². The maximum absolute atomic E-state index is 11.8. The molecule has 0 saturated heterocycles. The number of rotatable bonds is 3. The van der Waals surface area contributed by atoms with Gasteiger partial charge in [0, 0.05) is 6.07 Å². The van der Waals surface area contributed by atoms with Crippen LogP contribution in [-0.4, -0.2) is 18.7 Å². The first-order chi connectivity index (χ1) is 8.15. The lowest BCUT2D eigenvalue weighted by atomic mass is 10.1. The van der Waals surface area contributed by atoms with Gasteiger partial charge in [0.25, 0.3) is 0 Å². The summed E-state index contributed by atoms with van der Waals surface area (Å²) in [4.78, 5) is 15.9. The number of methoxy groups -OCH3 is 1. The highest BCUT2D eigenvalue weighted by Gasteiger charge is 2.11. The molecule has 0 spiro atoms. The maximum Gasteiger partial charge on any atom is 0.397 e. The average Bonchev–Trinajstić information content (AvgIpc) is 2.28. The van der Waals surface area contributed by atoms with Crippen LogP contribution < -0.4 is 15.1 Å². The second-order valence-electron chi connectivity index (χ2n) is 3.54. The van der Waals surface area contributed by atoms with Crippen LogP contribution in [0.25, 0.3) is 10.9 Å². The average molecular weight is 235 g/mol. The third-order valence-corrected chi connectivity index (χ3v) is 2.39. The predicted octanol–water partition coefficient (Wildman–Crippen LogP) is 1.90. The lowest BCUT2D eigenvalue weighted by Crippen LogP contribution is -2.06. The molecule has 1 aromatic heterocycles. The van der Waals surface area contributed by atoms with E-state index in [1.807, 2.05) is 6.92 Å². The van der Waals surface area contributed by atoms with Gasteiger partial charge in [0.15, 0.2) is 0 Å². The zero-order valence-corrected chi connectivity index (χ0v) is 9.94. The number of nitrogens with zero attached hydrogens (tertiary/aromatic N) is 1. The summed E-state index contributed by atoms with van der Waals surface area (Å²) in [5.41, 5.74) is 0.837. The summed E-state index contributed by atoms with van der Waals surface area (Å²) in [6.45, 7) is 4.00. The molecule has 5 heteroatoms. The Hall–Kier alpha value is -2.04. The van der Waals surface area contributed by atoms with Gasteiger partial charge in [-0.15, -0.1) is 0 Å². The molecule has 0 fully saturated rings. The van der Waals surface area contributed by atoms with E-state index in [-0.39, 0.29) is 6.08 Å². The zero-order valence-electron chi connectivity index (χ0n) is 9.94. The Morgan fingerprint density at radius 1 is 1.41 bits per heavy atom. The summed E-state index contributed by atoms with van der Waals surface area (Å²) in [7, 11) is 1.56. The standard InChI is InChI=1S/C12H13NO4/c1-4-16-12-13-9-6-8(15-3)5-7(2)10(9)11(14)17-12/h5-6H,4H2,1-3H3. The molecule has 0 N–H and O–H groups in total. The van der Waals surface area contributed by atoms with Crippen molar-refractivity contribution in [2.75, 3.05) is 13.7 Å². The largest absolute Gasteiger partial charge is 0.497 e. The minimum atomic E-state index is -0.446. The van der Waals surface area contributed by atoms with Crippen LogP contribution in [0.15, 0.2) is 21.3 Å². The number of hydrogen-bond donors (Lipinski definition) is 0. The Labute approximate surface area is 98.0 Å². The van der Waals surface area contributed by atoms with Crippen molar-refractivity contribution < 1.29 is 13.9 Å². The van der Waals surface area contributed by atoms with Crippen LogP contribution in [0.5, 0.6) is 11.8 Å². The molecule has 0 aliphatic rings. The fraction of sp³-hybridized carbons (Fsp3) is 0.333. The molecule has 0 amide bonds. The summed E-state index contributed by atoms with van der Waals surface area (Å²) < 4.78 is 15.2. The van der Waals surface area contributed by atoms with Gasteiger partial charge in [0.2, 0.25) is 0 Å². The third-order valence-electron chi connectivity index (χ3n) is 2.39. The van der Waals surface area contributed by atoms with E-state index in [0.717, 1.165) is 5.56 Å². The van der Waals surface area contributed by atoms with Gasteiger partial charge >= 0.3 is 11.7 Å². The number of hydrogen-bond acceptors (Lipinski definition) is 5. The van der Waals surface area contributed by atoms with Gasteiger partial charge < -0.3 is 13.9 Å². The Morgan fingerprint density at radius 3 is 2.82 bits per heavy atom. The summed E-state index contributed by atoms with van der Waals surface area (Å²) in [6.07, 6.45) is -0.0161. The number of aryl methyl sites for hydroxylation is 1. The Balaban J connectivity index is 2.73. The van der Waals surface area contributed by atoms with E-state index < -0.39 is 5.63 Å². The normalized spacial score (nSPS) is 10.5. The van der Waals surface area contributed by atoms with Gasteiger partial charge in [-0.2, -0.15) is 4.98 Å². The molecule has 90 valence electrons. The van der Waals surface area contributed by atoms with Crippen molar-refractivity contribution in [1.82, 2.24) is 4.98 Å². The van der Waals surface area contributed by atoms with Crippen molar-refractivity contribution in [3.8, 4) is 11.8 Å². The van der Waals surface area contributed by atoms with Gasteiger partial charge in [0.1, 0.15) is 5.75 Å². The van der Waals surface area contributed by atoms with Crippen molar-refractivity contribution in [2.45, 2.75) is 13.8 Å². The number of fused-ring (bicyclic) bond motifs is 1. The molecule has 0 atom stereocenters. The Bertz CT molecular complexity index is 603. The number of ether oxygens (including phenoxy) is 2. The van der Waals surface area contributed by atoms with Gasteiger partial charge in [-0.1, -0.05) is 0 Å². The van der Waals surface area contributed by atoms with Crippen LogP contribution in [0, 0.1) is 6.92 Å². The van der Waals surface area contributed by atoms with Gasteiger partial charge in [-0.25, -0.2) is 4.79 Å². The van der Waals surface area contributed by atoms with Crippen LogP contribution in [0.4, 0.5) is 0 Å². The molecule has 17 heavy (non-hydrogen) atoms. The monoisotopic (exact) mass is 235 g/mol. The van der Waals surface area contributed by atoms with Crippen LogP contribution in [0.2, 0.25) is 0 Å². The lowest BCUT2D eigenvalue weighted by molar-refractivity contribution is 0.229. The summed E-state index contributed by atoms with van der Waals surface area (Å²) in [6, 6.07) is 3.45. The van der Waals surface area contributed by atoms with Crippen molar-refractivity contribution in [1.29, 1.82) is 0 Å². The van der Waals surface area contributed by atoms with E-state index in [4.69, 9.17) is 13.9 Å². The fourth-order valence-corrected chi connectivity index (χ4v) is 1.64. The van der Waals surface area contributed by atoms with Gasteiger partial charge in [-0.05, 0) is 25.5 Å². The van der Waals surface area contributed by atoms with E-state index >= 15 is 0 Å². The minimum absolute atomic E-state index is 0.0161. The molecule has 0 radical (unpaired) electrons. The highest BCUT2D eigenvalue weighted by Crippen LogP contribution is 2.22. The number of aromatic nitrogens is 1. The van der Waals surface area contributed by atoms with E-state index in [9.17, 15) is 4.79 Å². The first kappa shape index (κ1) is 11.4. The molecular weight excluding hydrogens is 222 g/mol. The predicted molar refractivity (Wildman–Crippen MR) is 62.7 cm³/mol. The zero-order chi connectivity index (χ0) is 12.4. The van der Waals surface area contributed by atoms with Crippen molar-refractivity contribution >= 4 is 10.9 Å². The summed E-state index contributed by atoms with van der Waals surface area (Å²) >= 11 is 0. The van der Waals surface area contributed by atoms with Gasteiger partial charge in [-0.3, -0.25) is 0 Å². The molecule has 0 aliphatic heterocycles. The minimum Gasteiger partial charge on any atom is -0.497 e. The van der Waals surface area contributed by atoms with Crippen LogP contribution in [0.1, 0.15) is 12.5 Å². The quantitative estimate of drug-likeness (QED) is 0.813. The Kier molecular flexibility index (Phi) is 2.99. The van der Waals surface area contributed by atoms with E-state index in [0.29, 0.717) is 23.3 Å². The summed E-state index contributed by atoms with van der Waals surface area (Å²) in [5.74, 6) is 0.649. The fourth-order valence-electron chi connectivity index (χ4n) is 1.64. The third kappa shape index (κ3) is 2.08. The molecule has 2 aromatic rings. The topological polar surface area (TPSA) is 61.6 Å². The Morgan fingerprint density at radius 2 is 2.18 bits per heavy atom. The first-order valence-corrected chi connectivity index (χ1v) is 5.28. The summed E-state index contributed by atoms with van der Waals surface area (Å²) in [5, 5.41) is 0.453. The van der Waals surface area contributed by atoms with Crippen LogP contribution in [-0.2, 0) is 0 Å². The molecule has 0 unspecified atom stereocenters. The maximum atomic E-state index is 11.8. The first-order valence-electron chi connectivity index (χ1n) is 5.28. The highest BCUT2D eigenvalue weighted by atomic mass is 16.6. The van der Waals surface area contributed by atoms with E-state index in [1.54, 1.807) is 26.2 Å². The highest BCUT2D eigenvalue weighted by molar-refractivity contribution is 5.82. The second-order valence-corrected chi connectivity index (χ2v) is 3.54. The van der Waals surface area contributed by atoms with E-state index in [1.165, 1.54) is 0 Å². The molecular formula is C12H13NO4. The number of benzene rings is 1.